The first kappa shape index (κ1) is 21.8. The Morgan fingerprint density at radius 1 is 1.00 bits per heavy atom. The molecule has 8 heteroatoms. The number of carbonyl (C=O) groups is 3. The average molecular weight is 438 g/mol. The molecule has 1 unspecified atom stereocenters. The number of carboxylic acids is 1. The Morgan fingerprint density at radius 2 is 1.62 bits per heavy atom. The molecule has 1 fully saturated rings. The van der Waals surface area contributed by atoms with Crippen LogP contribution in [-0.2, 0) is 19.1 Å². The van der Waals surface area contributed by atoms with Crippen LogP contribution in [0.5, 0.6) is 0 Å². The molecule has 2 aliphatic carbocycles. The molecule has 168 valence electrons. The van der Waals surface area contributed by atoms with E-state index in [2.05, 4.69) is 22.8 Å². The average Bonchev–Trinajstić information content (AvgIpc) is 3.58. The molecule has 0 aromatic heterocycles. The number of aliphatic carboxylic acids is 1. The summed E-state index contributed by atoms with van der Waals surface area (Å²) in [6.07, 6.45) is 1.09. The fourth-order valence-corrected chi connectivity index (χ4v) is 4.11. The number of fused-ring (bicyclic) bond motifs is 3. The van der Waals surface area contributed by atoms with Crippen molar-refractivity contribution in [2.45, 2.75) is 24.8 Å². The molecular weight excluding hydrogens is 412 g/mol. The van der Waals surface area contributed by atoms with E-state index in [1.165, 1.54) is 0 Å². The zero-order valence-electron chi connectivity index (χ0n) is 17.6. The number of benzene rings is 2. The van der Waals surface area contributed by atoms with E-state index in [1.54, 1.807) is 0 Å². The first-order chi connectivity index (χ1) is 15.5. The van der Waals surface area contributed by atoms with Crippen molar-refractivity contribution in [1.29, 1.82) is 0 Å². The van der Waals surface area contributed by atoms with Crippen molar-refractivity contribution >= 4 is 18.0 Å². The molecule has 1 atom stereocenters. The molecule has 3 N–H and O–H groups in total. The Hall–Kier alpha value is -3.39. The number of nitrogens with one attached hydrogen (secondary N) is 2. The molecule has 1 saturated carbocycles. The summed E-state index contributed by atoms with van der Waals surface area (Å²) in [5, 5.41) is 13.9. The topological polar surface area (TPSA) is 114 Å². The number of amides is 2. The first-order valence-corrected chi connectivity index (χ1v) is 10.7. The lowest BCUT2D eigenvalue weighted by Gasteiger charge is -2.19. The molecule has 0 aliphatic heterocycles. The van der Waals surface area contributed by atoms with Gasteiger partial charge in [-0.3, -0.25) is 4.79 Å². The van der Waals surface area contributed by atoms with Crippen molar-refractivity contribution in [2.75, 3.05) is 26.4 Å². The molecule has 0 saturated heterocycles. The Morgan fingerprint density at radius 3 is 2.22 bits per heavy atom. The summed E-state index contributed by atoms with van der Waals surface area (Å²) in [5.74, 6) is -1.35. The molecule has 2 amide bonds. The third-order valence-corrected chi connectivity index (χ3v) is 5.76. The van der Waals surface area contributed by atoms with Crippen molar-refractivity contribution in [3.05, 3.63) is 59.7 Å². The molecule has 8 nitrogen and oxygen atoms in total. The van der Waals surface area contributed by atoms with Crippen molar-refractivity contribution in [3.8, 4) is 11.1 Å². The second-order valence-corrected chi connectivity index (χ2v) is 8.02. The van der Waals surface area contributed by atoms with E-state index >= 15 is 0 Å². The molecule has 2 aromatic carbocycles. The maximum absolute atomic E-state index is 12.5. The van der Waals surface area contributed by atoms with Crippen LogP contribution in [0.1, 0.15) is 29.9 Å². The van der Waals surface area contributed by atoms with Crippen LogP contribution in [0.4, 0.5) is 4.79 Å². The van der Waals surface area contributed by atoms with E-state index in [-0.39, 0.29) is 37.5 Å². The molecule has 2 aromatic rings. The number of hydrogen-bond donors (Lipinski definition) is 3. The molecule has 0 heterocycles. The third-order valence-electron chi connectivity index (χ3n) is 5.76. The highest BCUT2D eigenvalue weighted by atomic mass is 16.5. The Labute approximate surface area is 185 Å². The summed E-state index contributed by atoms with van der Waals surface area (Å²) in [6, 6.07) is 15.5. The minimum Gasteiger partial charge on any atom is -0.480 e. The van der Waals surface area contributed by atoms with E-state index < -0.39 is 24.7 Å². The molecule has 0 radical (unpaired) electrons. The summed E-state index contributed by atoms with van der Waals surface area (Å²) in [7, 11) is 0. The minimum atomic E-state index is -1.07. The number of ether oxygens (including phenoxy) is 2. The van der Waals surface area contributed by atoms with Crippen molar-refractivity contribution < 1.29 is 29.0 Å². The monoisotopic (exact) mass is 438 g/mol. The van der Waals surface area contributed by atoms with E-state index in [0.29, 0.717) is 0 Å². The fourth-order valence-electron chi connectivity index (χ4n) is 4.11. The van der Waals surface area contributed by atoms with Crippen molar-refractivity contribution in [3.63, 3.8) is 0 Å². The number of carboxylic acid groups (broad SMARTS) is 1. The highest BCUT2D eigenvalue weighted by Gasteiger charge is 2.38. The van der Waals surface area contributed by atoms with E-state index in [0.717, 1.165) is 35.1 Å². The van der Waals surface area contributed by atoms with E-state index in [9.17, 15) is 14.4 Å². The van der Waals surface area contributed by atoms with Gasteiger partial charge in [0.05, 0.1) is 6.61 Å². The smallest absolute Gasteiger partial charge is 0.407 e. The fraction of sp³-hybridized carbons (Fsp3) is 0.375. The highest BCUT2D eigenvalue weighted by Crippen LogP contribution is 2.44. The SMILES string of the molecule is O=C(O)COCCNC(=O)C(NC(=O)OCC1c2ccccc2-c2ccccc21)C1CC1. The van der Waals surface area contributed by atoms with Gasteiger partial charge in [-0.2, -0.15) is 0 Å². The summed E-state index contributed by atoms with van der Waals surface area (Å²) in [4.78, 5) is 35.5. The first-order valence-electron chi connectivity index (χ1n) is 10.7. The Bertz CT molecular complexity index is 958. The van der Waals surface area contributed by atoms with Gasteiger partial charge in [-0.1, -0.05) is 48.5 Å². The Balaban J connectivity index is 1.31. The number of carbonyl (C=O) groups excluding carboxylic acids is 2. The molecule has 0 bridgehead atoms. The van der Waals surface area contributed by atoms with Crippen LogP contribution in [0.3, 0.4) is 0 Å². The summed E-state index contributed by atoms with van der Waals surface area (Å²) < 4.78 is 10.5. The Kier molecular flexibility index (Phi) is 6.70. The second kappa shape index (κ2) is 9.82. The van der Waals surface area contributed by atoms with Gasteiger partial charge in [-0.25, -0.2) is 9.59 Å². The van der Waals surface area contributed by atoms with E-state index in [4.69, 9.17) is 14.6 Å². The van der Waals surface area contributed by atoms with Gasteiger partial charge in [-0.15, -0.1) is 0 Å². The van der Waals surface area contributed by atoms with Gasteiger partial charge in [0, 0.05) is 12.5 Å². The standard InChI is InChI=1S/C24H26N2O6/c27-21(28)14-31-12-11-25-23(29)22(15-9-10-15)26-24(30)32-13-20-18-7-3-1-5-16(18)17-6-2-4-8-19(17)20/h1-8,15,20,22H,9-14H2,(H,25,29)(H,26,30)(H,27,28). The molecule has 0 spiro atoms. The van der Waals surface area contributed by atoms with E-state index in [1.807, 2.05) is 36.4 Å². The number of rotatable bonds is 10. The summed E-state index contributed by atoms with van der Waals surface area (Å²) in [5.41, 5.74) is 4.55. The number of alkyl carbamates (subject to hydrolysis) is 1. The summed E-state index contributed by atoms with van der Waals surface area (Å²) in [6.45, 7) is 0.0178. The normalized spacial score (nSPS) is 15.4. The lowest BCUT2D eigenvalue weighted by atomic mass is 9.98. The predicted molar refractivity (Wildman–Crippen MR) is 116 cm³/mol. The van der Waals surface area contributed by atoms with Crippen LogP contribution < -0.4 is 10.6 Å². The zero-order valence-corrected chi connectivity index (χ0v) is 17.6. The summed E-state index contributed by atoms with van der Waals surface area (Å²) >= 11 is 0. The van der Waals surface area contributed by atoms with Gasteiger partial charge in [0.2, 0.25) is 5.91 Å². The van der Waals surface area contributed by atoms with Crippen LogP contribution in [0.15, 0.2) is 48.5 Å². The minimum absolute atomic E-state index is 0.0484. The highest BCUT2D eigenvalue weighted by molar-refractivity contribution is 5.86. The van der Waals surface area contributed by atoms with Crippen LogP contribution in [0.2, 0.25) is 0 Å². The van der Waals surface area contributed by atoms with Crippen LogP contribution in [-0.4, -0.2) is 55.5 Å². The lowest BCUT2D eigenvalue weighted by molar-refractivity contribution is -0.142. The second-order valence-electron chi connectivity index (χ2n) is 8.02. The zero-order chi connectivity index (χ0) is 22.5. The van der Waals surface area contributed by atoms with Crippen LogP contribution in [0, 0.1) is 5.92 Å². The molecule has 32 heavy (non-hydrogen) atoms. The van der Waals surface area contributed by atoms with Gasteiger partial charge < -0.3 is 25.2 Å². The van der Waals surface area contributed by atoms with Gasteiger partial charge in [0.1, 0.15) is 19.3 Å². The van der Waals surface area contributed by atoms with Crippen molar-refractivity contribution in [2.24, 2.45) is 5.92 Å². The maximum atomic E-state index is 12.5. The van der Waals surface area contributed by atoms with Gasteiger partial charge in [0.25, 0.3) is 0 Å². The maximum Gasteiger partial charge on any atom is 0.407 e. The quantitative estimate of drug-likeness (QED) is 0.491. The van der Waals surface area contributed by atoms with Gasteiger partial charge in [-0.05, 0) is 41.0 Å². The number of hydrogen-bond acceptors (Lipinski definition) is 5. The van der Waals surface area contributed by atoms with Crippen LogP contribution >= 0.6 is 0 Å². The molecule has 2 aliphatic rings. The van der Waals surface area contributed by atoms with Crippen LogP contribution in [0.25, 0.3) is 11.1 Å². The largest absolute Gasteiger partial charge is 0.480 e. The third kappa shape index (κ3) is 5.08. The predicted octanol–water partition coefficient (Wildman–Crippen LogP) is 2.52. The lowest BCUT2D eigenvalue weighted by Crippen LogP contribution is -2.49. The van der Waals surface area contributed by atoms with Crippen molar-refractivity contribution in [1.82, 2.24) is 10.6 Å². The molecule has 4 rings (SSSR count). The van der Waals surface area contributed by atoms with Gasteiger partial charge >= 0.3 is 12.1 Å². The molecular formula is C24H26N2O6. The van der Waals surface area contributed by atoms with Gasteiger partial charge in [0.15, 0.2) is 0 Å².